The lowest BCUT2D eigenvalue weighted by molar-refractivity contribution is 0.660. The van der Waals surface area contributed by atoms with Crippen molar-refractivity contribution in [2.45, 2.75) is 19.3 Å². The van der Waals surface area contributed by atoms with Crippen LogP contribution in [0.5, 0.6) is 0 Å². The minimum Gasteiger partial charge on any atom is -0.352 e. The van der Waals surface area contributed by atoms with Crippen molar-refractivity contribution in [2.24, 2.45) is 0 Å². The Bertz CT molecular complexity index is 1250. The maximum Gasteiger partial charge on any atom is 0.0704 e. The molecule has 0 saturated carbocycles. The van der Waals surface area contributed by atoms with E-state index in [-0.39, 0.29) is 5.41 Å². The first-order valence-corrected chi connectivity index (χ1v) is 10.1. The van der Waals surface area contributed by atoms with E-state index in [0.29, 0.717) is 0 Å². The van der Waals surface area contributed by atoms with Crippen molar-refractivity contribution < 1.29 is 0 Å². The summed E-state index contributed by atoms with van der Waals surface area (Å²) in [6.07, 6.45) is 0. The Hall–Kier alpha value is -3.52. The van der Waals surface area contributed by atoms with Crippen LogP contribution in [0.2, 0.25) is 0 Å². The second kappa shape index (κ2) is 5.74. The van der Waals surface area contributed by atoms with Crippen LogP contribution in [0.25, 0.3) is 11.1 Å². The molecule has 2 aliphatic rings. The number of hydrogen-bond donors (Lipinski definition) is 1. The highest BCUT2D eigenvalue weighted by Gasteiger charge is 2.37. The predicted molar refractivity (Wildman–Crippen MR) is 122 cm³/mol. The number of nitrogens with one attached hydrogen (secondary N) is 1. The molecular formula is C27H22N2. The summed E-state index contributed by atoms with van der Waals surface area (Å²) in [5, 5.41) is 3.69. The summed E-state index contributed by atoms with van der Waals surface area (Å²) < 4.78 is 0. The van der Waals surface area contributed by atoms with Crippen molar-refractivity contribution in [3.8, 4) is 11.1 Å². The molecule has 4 aromatic rings. The molecule has 0 amide bonds. The van der Waals surface area contributed by atoms with E-state index in [1.807, 2.05) is 0 Å². The van der Waals surface area contributed by atoms with Crippen LogP contribution >= 0.6 is 0 Å². The highest BCUT2D eigenvalue weighted by Crippen LogP contribution is 2.55. The molecule has 0 atom stereocenters. The second-order valence-corrected chi connectivity index (χ2v) is 8.40. The van der Waals surface area contributed by atoms with Gasteiger partial charge in [0.15, 0.2) is 0 Å². The number of hydrogen-bond acceptors (Lipinski definition) is 2. The van der Waals surface area contributed by atoms with E-state index in [1.54, 1.807) is 0 Å². The summed E-state index contributed by atoms with van der Waals surface area (Å²) in [5.41, 5.74) is 11.3. The molecule has 4 aromatic carbocycles. The maximum absolute atomic E-state index is 3.69. The van der Waals surface area contributed by atoms with Crippen LogP contribution in [0.15, 0.2) is 91.0 Å². The number of rotatable bonds is 1. The average molecular weight is 374 g/mol. The summed E-state index contributed by atoms with van der Waals surface area (Å²) >= 11 is 0. The second-order valence-electron chi connectivity index (χ2n) is 8.40. The summed E-state index contributed by atoms with van der Waals surface area (Å²) in [4.78, 5) is 2.37. The Morgan fingerprint density at radius 1 is 0.621 bits per heavy atom. The van der Waals surface area contributed by atoms with Crippen LogP contribution in [0.4, 0.5) is 28.4 Å². The quantitative estimate of drug-likeness (QED) is 0.326. The smallest absolute Gasteiger partial charge is 0.0704 e. The van der Waals surface area contributed by atoms with Gasteiger partial charge in [-0.2, -0.15) is 0 Å². The fraction of sp³-hybridized carbons (Fsp3) is 0.111. The topological polar surface area (TPSA) is 15.3 Å². The van der Waals surface area contributed by atoms with Gasteiger partial charge in [-0.15, -0.1) is 0 Å². The maximum atomic E-state index is 3.69. The van der Waals surface area contributed by atoms with Crippen LogP contribution in [-0.4, -0.2) is 0 Å². The third-order valence-corrected chi connectivity index (χ3v) is 6.37. The standard InChI is InChI=1S/C27H22N2/c1-27(2)21-13-7-6-12-19(21)20-16-26-24(17-22(20)27)28-23-14-8-9-15-25(23)29(26)18-10-4-3-5-11-18/h3-17,28H,1-2H3. The number of para-hydroxylation sites is 3. The van der Waals surface area contributed by atoms with Crippen molar-refractivity contribution in [2.75, 3.05) is 10.2 Å². The number of anilines is 5. The van der Waals surface area contributed by atoms with Crippen LogP contribution in [0, 0.1) is 0 Å². The Kier molecular flexibility index (Phi) is 3.25. The molecule has 1 aliphatic carbocycles. The van der Waals surface area contributed by atoms with Crippen LogP contribution in [0.1, 0.15) is 25.0 Å². The summed E-state index contributed by atoms with van der Waals surface area (Å²) in [6, 6.07) is 32.7. The van der Waals surface area contributed by atoms with Gasteiger partial charge in [-0.25, -0.2) is 0 Å². The lowest BCUT2D eigenvalue weighted by atomic mass is 9.82. The van der Waals surface area contributed by atoms with Gasteiger partial charge in [0.05, 0.1) is 22.7 Å². The molecule has 2 heteroatoms. The molecule has 1 aliphatic heterocycles. The van der Waals surface area contributed by atoms with Crippen molar-refractivity contribution in [1.82, 2.24) is 0 Å². The minimum absolute atomic E-state index is 0.00280. The van der Waals surface area contributed by atoms with E-state index in [0.717, 1.165) is 11.4 Å². The van der Waals surface area contributed by atoms with Gasteiger partial charge in [-0.1, -0.05) is 68.4 Å². The Morgan fingerprint density at radius 2 is 1.34 bits per heavy atom. The van der Waals surface area contributed by atoms with Crippen molar-refractivity contribution in [3.63, 3.8) is 0 Å². The summed E-state index contributed by atoms with van der Waals surface area (Å²) in [7, 11) is 0. The molecule has 0 bridgehead atoms. The monoisotopic (exact) mass is 374 g/mol. The lowest BCUT2D eigenvalue weighted by Gasteiger charge is -2.35. The third kappa shape index (κ3) is 2.23. The molecule has 2 nitrogen and oxygen atoms in total. The molecule has 0 unspecified atom stereocenters. The van der Waals surface area contributed by atoms with Crippen molar-refractivity contribution in [3.05, 3.63) is 102 Å². The van der Waals surface area contributed by atoms with E-state index in [4.69, 9.17) is 0 Å². The van der Waals surface area contributed by atoms with Crippen LogP contribution < -0.4 is 10.2 Å². The zero-order chi connectivity index (χ0) is 19.6. The van der Waals surface area contributed by atoms with Gasteiger partial charge in [0, 0.05) is 11.1 Å². The molecule has 0 radical (unpaired) electrons. The number of benzene rings is 4. The summed E-state index contributed by atoms with van der Waals surface area (Å²) in [6.45, 7) is 4.66. The molecule has 6 rings (SSSR count). The first-order valence-electron chi connectivity index (χ1n) is 10.1. The lowest BCUT2D eigenvalue weighted by Crippen LogP contribution is -2.19. The largest absolute Gasteiger partial charge is 0.352 e. The van der Waals surface area contributed by atoms with Crippen LogP contribution in [-0.2, 0) is 5.41 Å². The van der Waals surface area contributed by atoms with Crippen molar-refractivity contribution in [1.29, 1.82) is 0 Å². The number of fused-ring (bicyclic) bond motifs is 5. The van der Waals surface area contributed by atoms with Gasteiger partial charge >= 0.3 is 0 Å². The first kappa shape index (κ1) is 16.4. The van der Waals surface area contributed by atoms with Gasteiger partial charge in [0.2, 0.25) is 0 Å². The predicted octanol–water partition coefficient (Wildman–Crippen LogP) is 7.52. The molecule has 0 aromatic heterocycles. The molecular weight excluding hydrogens is 352 g/mol. The van der Waals surface area contributed by atoms with Gasteiger partial charge in [-0.3, -0.25) is 0 Å². The third-order valence-electron chi connectivity index (χ3n) is 6.37. The minimum atomic E-state index is -0.00280. The van der Waals surface area contributed by atoms with E-state index in [1.165, 1.54) is 39.3 Å². The van der Waals surface area contributed by atoms with Gasteiger partial charge in [0.25, 0.3) is 0 Å². The Balaban J connectivity index is 1.64. The Labute approximate surface area is 171 Å². The van der Waals surface area contributed by atoms with E-state index in [9.17, 15) is 0 Å². The van der Waals surface area contributed by atoms with Gasteiger partial charge in [-0.05, 0) is 58.7 Å². The highest BCUT2D eigenvalue weighted by atomic mass is 15.2. The van der Waals surface area contributed by atoms with Gasteiger partial charge in [0.1, 0.15) is 0 Å². The van der Waals surface area contributed by atoms with E-state index >= 15 is 0 Å². The zero-order valence-corrected chi connectivity index (χ0v) is 16.6. The molecule has 140 valence electrons. The highest BCUT2D eigenvalue weighted by molar-refractivity contribution is 6.00. The number of nitrogens with zero attached hydrogens (tertiary/aromatic N) is 1. The molecule has 0 saturated heterocycles. The molecule has 29 heavy (non-hydrogen) atoms. The zero-order valence-electron chi connectivity index (χ0n) is 16.6. The molecule has 0 fully saturated rings. The van der Waals surface area contributed by atoms with Gasteiger partial charge < -0.3 is 10.2 Å². The van der Waals surface area contributed by atoms with Crippen molar-refractivity contribution >= 4 is 28.4 Å². The molecule has 0 spiro atoms. The molecule has 1 heterocycles. The normalized spacial score (nSPS) is 15.0. The summed E-state index contributed by atoms with van der Waals surface area (Å²) in [5.74, 6) is 0. The first-order chi connectivity index (χ1) is 14.1. The molecule has 1 N–H and O–H groups in total. The average Bonchev–Trinajstić information content (AvgIpc) is 2.98. The SMILES string of the molecule is CC1(C)c2ccccc2-c2cc3c(cc21)Nc1ccccc1N3c1ccccc1. The van der Waals surface area contributed by atoms with Crippen LogP contribution in [0.3, 0.4) is 0 Å². The fourth-order valence-corrected chi connectivity index (χ4v) is 4.93. The van der Waals surface area contributed by atoms with E-state index < -0.39 is 0 Å². The van der Waals surface area contributed by atoms with E-state index in [2.05, 4.69) is 115 Å². The fourth-order valence-electron chi connectivity index (χ4n) is 4.93. The Morgan fingerprint density at radius 3 is 2.21 bits per heavy atom.